The maximum atomic E-state index is 10.5. The van der Waals surface area contributed by atoms with Gasteiger partial charge < -0.3 is 5.11 Å². The van der Waals surface area contributed by atoms with Gasteiger partial charge in [-0.25, -0.2) is 0 Å². The molecule has 0 aromatic carbocycles. The molecule has 1 atom stereocenters. The Morgan fingerprint density at radius 2 is 1.90 bits per heavy atom. The standard InChI is InChI=1S/C16H26N4O/c1-5-14(6-2)20-9-8-13(18-20)11-16(21)15-10-12(4)17-19(15)7-3/h8-10,14,16,21H,5-7,11H2,1-4H3. The lowest BCUT2D eigenvalue weighted by molar-refractivity contribution is 0.165. The Balaban J connectivity index is 2.10. The van der Waals surface area contributed by atoms with Crippen molar-refractivity contribution in [3.05, 3.63) is 35.4 Å². The van der Waals surface area contributed by atoms with Crippen LogP contribution in [0.3, 0.4) is 0 Å². The Hall–Kier alpha value is -1.62. The lowest BCUT2D eigenvalue weighted by Crippen LogP contribution is -2.12. The Bertz CT molecular complexity index is 569. The van der Waals surface area contributed by atoms with Crippen molar-refractivity contribution in [1.29, 1.82) is 0 Å². The molecular weight excluding hydrogens is 264 g/mol. The number of rotatable bonds is 7. The molecule has 1 N–H and O–H groups in total. The van der Waals surface area contributed by atoms with Crippen molar-refractivity contribution in [1.82, 2.24) is 19.6 Å². The highest BCUT2D eigenvalue weighted by molar-refractivity contribution is 5.14. The Kier molecular flexibility index (Phi) is 5.17. The molecule has 2 rings (SSSR count). The van der Waals surface area contributed by atoms with Crippen LogP contribution in [0.5, 0.6) is 0 Å². The van der Waals surface area contributed by atoms with Crippen LogP contribution in [-0.4, -0.2) is 24.7 Å². The SMILES string of the molecule is CCC(CC)n1ccc(CC(O)c2cc(C)nn2CC)n1. The van der Waals surface area contributed by atoms with Gasteiger partial charge in [0.1, 0.15) is 6.10 Å². The second-order valence-corrected chi connectivity index (χ2v) is 5.50. The van der Waals surface area contributed by atoms with Gasteiger partial charge in [0.15, 0.2) is 0 Å². The highest BCUT2D eigenvalue weighted by Crippen LogP contribution is 2.20. The molecule has 116 valence electrons. The van der Waals surface area contributed by atoms with Gasteiger partial charge in [0, 0.05) is 19.2 Å². The van der Waals surface area contributed by atoms with Crippen LogP contribution in [0.25, 0.3) is 0 Å². The van der Waals surface area contributed by atoms with Crippen molar-refractivity contribution < 1.29 is 5.11 Å². The van der Waals surface area contributed by atoms with Crippen LogP contribution in [-0.2, 0) is 13.0 Å². The summed E-state index contributed by atoms with van der Waals surface area (Å²) in [5.41, 5.74) is 2.73. The van der Waals surface area contributed by atoms with E-state index in [4.69, 9.17) is 0 Å². The van der Waals surface area contributed by atoms with Gasteiger partial charge in [-0.2, -0.15) is 10.2 Å². The number of aliphatic hydroxyl groups is 1. The molecule has 0 bridgehead atoms. The summed E-state index contributed by atoms with van der Waals surface area (Å²) in [5, 5.41) is 19.4. The smallest absolute Gasteiger partial charge is 0.101 e. The number of aromatic nitrogens is 4. The summed E-state index contributed by atoms with van der Waals surface area (Å²) in [7, 11) is 0. The molecule has 5 nitrogen and oxygen atoms in total. The van der Waals surface area contributed by atoms with E-state index in [0.29, 0.717) is 12.5 Å². The van der Waals surface area contributed by atoms with Crippen molar-refractivity contribution in [2.75, 3.05) is 0 Å². The molecule has 0 fully saturated rings. The Morgan fingerprint density at radius 3 is 2.52 bits per heavy atom. The van der Waals surface area contributed by atoms with Gasteiger partial charge in [0.2, 0.25) is 0 Å². The predicted octanol–water partition coefficient (Wildman–Crippen LogP) is 3.05. The van der Waals surface area contributed by atoms with Crippen LogP contribution in [0, 0.1) is 6.92 Å². The number of hydrogen-bond donors (Lipinski definition) is 1. The van der Waals surface area contributed by atoms with Crippen LogP contribution >= 0.6 is 0 Å². The summed E-state index contributed by atoms with van der Waals surface area (Å²) in [6.45, 7) is 9.09. The summed E-state index contributed by atoms with van der Waals surface area (Å²) >= 11 is 0. The van der Waals surface area contributed by atoms with E-state index in [2.05, 4.69) is 24.0 Å². The fourth-order valence-corrected chi connectivity index (χ4v) is 2.74. The first-order valence-corrected chi connectivity index (χ1v) is 7.85. The molecule has 0 aliphatic rings. The zero-order valence-corrected chi connectivity index (χ0v) is 13.5. The van der Waals surface area contributed by atoms with E-state index in [1.54, 1.807) is 0 Å². The summed E-state index contributed by atoms with van der Waals surface area (Å²) in [6, 6.07) is 4.40. The average Bonchev–Trinajstić information content (AvgIpc) is 3.07. The third kappa shape index (κ3) is 3.53. The maximum absolute atomic E-state index is 10.5. The lowest BCUT2D eigenvalue weighted by Gasteiger charge is -2.13. The first kappa shape index (κ1) is 15.8. The van der Waals surface area contributed by atoms with Crippen LogP contribution in [0.1, 0.15) is 62.8 Å². The van der Waals surface area contributed by atoms with Gasteiger partial charge in [-0.05, 0) is 38.8 Å². The number of aryl methyl sites for hydroxylation is 2. The maximum Gasteiger partial charge on any atom is 0.101 e. The molecule has 5 heteroatoms. The van der Waals surface area contributed by atoms with E-state index in [9.17, 15) is 5.11 Å². The van der Waals surface area contributed by atoms with Gasteiger partial charge >= 0.3 is 0 Å². The van der Waals surface area contributed by atoms with Gasteiger partial charge in [-0.1, -0.05) is 13.8 Å². The fraction of sp³-hybridized carbons (Fsp3) is 0.625. The van der Waals surface area contributed by atoms with Crippen molar-refractivity contribution in [3.8, 4) is 0 Å². The van der Waals surface area contributed by atoms with E-state index in [1.807, 2.05) is 41.5 Å². The summed E-state index contributed by atoms with van der Waals surface area (Å²) in [6.07, 6.45) is 4.13. The normalized spacial score (nSPS) is 13.0. The molecule has 0 saturated carbocycles. The van der Waals surface area contributed by atoms with E-state index in [1.165, 1.54) is 0 Å². The fourth-order valence-electron chi connectivity index (χ4n) is 2.74. The molecule has 0 spiro atoms. The van der Waals surface area contributed by atoms with E-state index in [0.717, 1.165) is 36.5 Å². The van der Waals surface area contributed by atoms with Gasteiger partial charge in [-0.3, -0.25) is 9.36 Å². The molecular formula is C16H26N4O. The minimum absolute atomic E-state index is 0.444. The Morgan fingerprint density at radius 1 is 1.19 bits per heavy atom. The summed E-state index contributed by atoms with van der Waals surface area (Å²) in [5.74, 6) is 0. The van der Waals surface area contributed by atoms with E-state index < -0.39 is 6.10 Å². The van der Waals surface area contributed by atoms with Crippen LogP contribution in [0.4, 0.5) is 0 Å². The first-order chi connectivity index (χ1) is 10.1. The van der Waals surface area contributed by atoms with Crippen LogP contribution in [0.2, 0.25) is 0 Å². The zero-order valence-electron chi connectivity index (χ0n) is 13.5. The molecule has 2 heterocycles. The van der Waals surface area contributed by atoms with Gasteiger partial charge in [-0.15, -0.1) is 0 Å². The number of hydrogen-bond acceptors (Lipinski definition) is 3. The number of nitrogens with zero attached hydrogens (tertiary/aromatic N) is 4. The van der Waals surface area contributed by atoms with Gasteiger partial charge in [0.05, 0.1) is 23.1 Å². The van der Waals surface area contributed by atoms with E-state index >= 15 is 0 Å². The second-order valence-electron chi connectivity index (χ2n) is 5.50. The molecule has 2 aromatic heterocycles. The zero-order chi connectivity index (χ0) is 15.4. The van der Waals surface area contributed by atoms with E-state index in [-0.39, 0.29) is 0 Å². The minimum atomic E-state index is -0.559. The summed E-state index contributed by atoms with van der Waals surface area (Å²) < 4.78 is 3.88. The largest absolute Gasteiger partial charge is 0.386 e. The predicted molar refractivity (Wildman–Crippen MR) is 83.1 cm³/mol. The third-order valence-corrected chi connectivity index (χ3v) is 3.96. The topological polar surface area (TPSA) is 55.9 Å². The van der Waals surface area contributed by atoms with Crippen molar-refractivity contribution >= 4 is 0 Å². The van der Waals surface area contributed by atoms with Gasteiger partial charge in [0.25, 0.3) is 0 Å². The molecule has 0 radical (unpaired) electrons. The quantitative estimate of drug-likeness (QED) is 0.852. The minimum Gasteiger partial charge on any atom is -0.386 e. The highest BCUT2D eigenvalue weighted by atomic mass is 16.3. The number of aliphatic hydroxyl groups excluding tert-OH is 1. The monoisotopic (exact) mass is 290 g/mol. The van der Waals surface area contributed by atoms with Crippen LogP contribution in [0.15, 0.2) is 18.3 Å². The van der Waals surface area contributed by atoms with Crippen molar-refractivity contribution in [2.24, 2.45) is 0 Å². The molecule has 0 saturated heterocycles. The molecule has 0 aliphatic heterocycles. The molecule has 0 amide bonds. The lowest BCUT2D eigenvalue weighted by atomic mass is 10.1. The average molecular weight is 290 g/mol. The molecule has 2 aromatic rings. The molecule has 21 heavy (non-hydrogen) atoms. The first-order valence-electron chi connectivity index (χ1n) is 7.85. The molecule has 0 aliphatic carbocycles. The Labute approximate surface area is 126 Å². The highest BCUT2D eigenvalue weighted by Gasteiger charge is 2.17. The summed E-state index contributed by atoms with van der Waals surface area (Å²) in [4.78, 5) is 0. The van der Waals surface area contributed by atoms with Crippen molar-refractivity contribution in [3.63, 3.8) is 0 Å². The second kappa shape index (κ2) is 6.89. The molecule has 1 unspecified atom stereocenters. The van der Waals surface area contributed by atoms with Crippen LogP contribution < -0.4 is 0 Å². The third-order valence-electron chi connectivity index (χ3n) is 3.96. The van der Waals surface area contributed by atoms with Crippen molar-refractivity contribution in [2.45, 2.75) is 65.6 Å².